The lowest BCUT2D eigenvalue weighted by Gasteiger charge is -2.14. The summed E-state index contributed by atoms with van der Waals surface area (Å²) in [5, 5.41) is 0. The third kappa shape index (κ3) is 10.5. The number of rotatable bonds is 14. The normalized spacial score (nSPS) is 15.3. The Morgan fingerprint density at radius 1 is 0.895 bits per heavy atom. The maximum atomic E-state index is 5.63. The molecule has 1 fully saturated rings. The Balaban J connectivity index is 1.78. The fourth-order valence-electron chi connectivity index (χ4n) is 1.85. The summed E-state index contributed by atoms with van der Waals surface area (Å²) in [5.41, 5.74) is 0. The van der Waals surface area contributed by atoms with Crippen LogP contribution in [-0.2, 0) is 18.3 Å². The van der Waals surface area contributed by atoms with E-state index < -0.39 is 9.28 Å². The molecule has 1 saturated carbocycles. The molecule has 1 aliphatic rings. The van der Waals surface area contributed by atoms with Crippen LogP contribution in [0.25, 0.3) is 0 Å². The maximum absolute atomic E-state index is 5.63. The molecule has 0 radical (unpaired) electrons. The van der Waals surface area contributed by atoms with Gasteiger partial charge in [-0.2, -0.15) is 0 Å². The van der Waals surface area contributed by atoms with Gasteiger partial charge in [0, 0.05) is 33.0 Å². The maximum Gasteiger partial charge on any atom is 0.321 e. The SMILES string of the molecule is CCO[SiH](CCCCOCCCOC1CC1)OCC. The second kappa shape index (κ2) is 11.8. The van der Waals surface area contributed by atoms with Crippen LogP contribution >= 0.6 is 0 Å². The monoisotopic (exact) mass is 290 g/mol. The highest BCUT2D eigenvalue weighted by molar-refractivity contribution is 6.44. The molecule has 0 aliphatic heterocycles. The quantitative estimate of drug-likeness (QED) is 0.364. The number of hydrogen-bond donors (Lipinski definition) is 0. The fourth-order valence-corrected chi connectivity index (χ4v) is 3.64. The van der Waals surface area contributed by atoms with Gasteiger partial charge in [-0.3, -0.25) is 0 Å². The van der Waals surface area contributed by atoms with Gasteiger partial charge in [0.15, 0.2) is 0 Å². The van der Waals surface area contributed by atoms with Crippen molar-refractivity contribution in [1.29, 1.82) is 0 Å². The Bertz CT molecular complexity index is 194. The first-order chi connectivity index (χ1) is 9.36. The third-order valence-electron chi connectivity index (χ3n) is 2.99. The van der Waals surface area contributed by atoms with Gasteiger partial charge < -0.3 is 18.3 Å². The van der Waals surface area contributed by atoms with E-state index in [2.05, 4.69) is 0 Å². The van der Waals surface area contributed by atoms with Gasteiger partial charge in [-0.1, -0.05) is 0 Å². The molecule has 0 amide bonds. The molecule has 0 heterocycles. The highest BCUT2D eigenvalue weighted by Gasteiger charge is 2.21. The van der Waals surface area contributed by atoms with Gasteiger partial charge in [0.2, 0.25) is 0 Å². The highest BCUT2D eigenvalue weighted by Crippen LogP contribution is 2.23. The molecule has 0 aromatic carbocycles. The zero-order chi connectivity index (χ0) is 13.8. The minimum Gasteiger partial charge on any atom is -0.397 e. The molecule has 1 rings (SSSR count). The van der Waals surface area contributed by atoms with E-state index in [1.165, 1.54) is 12.8 Å². The molecule has 0 N–H and O–H groups in total. The van der Waals surface area contributed by atoms with E-state index >= 15 is 0 Å². The summed E-state index contributed by atoms with van der Waals surface area (Å²) in [4.78, 5) is 0. The van der Waals surface area contributed by atoms with Crippen LogP contribution in [0.4, 0.5) is 0 Å². The molecule has 1 aliphatic carbocycles. The lowest BCUT2D eigenvalue weighted by Crippen LogP contribution is -2.22. The highest BCUT2D eigenvalue weighted by atomic mass is 28.3. The van der Waals surface area contributed by atoms with E-state index in [1.807, 2.05) is 13.8 Å². The van der Waals surface area contributed by atoms with Crippen LogP contribution in [0.5, 0.6) is 0 Å². The molecule has 0 bridgehead atoms. The Hall–Kier alpha value is 0.0569. The van der Waals surface area contributed by atoms with Crippen molar-refractivity contribution < 1.29 is 18.3 Å². The number of hydrogen-bond acceptors (Lipinski definition) is 4. The Labute approximate surface area is 119 Å². The van der Waals surface area contributed by atoms with E-state index in [0.717, 1.165) is 58.3 Å². The zero-order valence-electron chi connectivity index (χ0n) is 12.6. The second-order valence-electron chi connectivity index (χ2n) is 4.87. The van der Waals surface area contributed by atoms with Crippen LogP contribution in [0, 0.1) is 0 Å². The molecule has 19 heavy (non-hydrogen) atoms. The minimum absolute atomic E-state index is 0.569. The predicted octanol–water partition coefficient (Wildman–Crippen LogP) is 2.65. The Kier molecular flexibility index (Phi) is 10.7. The van der Waals surface area contributed by atoms with Crippen LogP contribution in [0.15, 0.2) is 0 Å². The predicted molar refractivity (Wildman–Crippen MR) is 78.9 cm³/mol. The standard InChI is InChI=1S/C14H30O4Si/c1-3-17-19(18-4-2)13-6-5-10-15-11-7-12-16-14-8-9-14/h14,19H,3-13H2,1-2H3. The first kappa shape index (κ1) is 17.1. The minimum atomic E-state index is -1.38. The van der Waals surface area contributed by atoms with E-state index in [9.17, 15) is 0 Å². The molecule has 0 atom stereocenters. The lowest BCUT2D eigenvalue weighted by atomic mass is 10.3. The van der Waals surface area contributed by atoms with Gasteiger partial charge in [-0.25, -0.2) is 0 Å². The van der Waals surface area contributed by atoms with E-state index in [4.69, 9.17) is 18.3 Å². The van der Waals surface area contributed by atoms with Crippen molar-refractivity contribution in [3.8, 4) is 0 Å². The average Bonchev–Trinajstić information content (AvgIpc) is 3.21. The molecule has 0 saturated heterocycles. The van der Waals surface area contributed by atoms with Crippen molar-refractivity contribution in [3.63, 3.8) is 0 Å². The van der Waals surface area contributed by atoms with E-state index in [1.54, 1.807) is 0 Å². The van der Waals surface area contributed by atoms with Crippen LogP contribution in [0.2, 0.25) is 6.04 Å². The molecule has 0 aromatic rings. The summed E-state index contributed by atoms with van der Waals surface area (Å²) in [6, 6.07) is 1.09. The van der Waals surface area contributed by atoms with Crippen molar-refractivity contribution in [2.75, 3.05) is 33.0 Å². The summed E-state index contributed by atoms with van der Waals surface area (Å²) in [6.45, 7) is 8.14. The van der Waals surface area contributed by atoms with Crippen LogP contribution < -0.4 is 0 Å². The summed E-state index contributed by atoms with van der Waals surface area (Å²) in [7, 11) is -1.38. The van der Waals surface area contributed by atoms with Gasteiger partial charge in [0.1, 0.15) is 0 Å². The van der Waals surface area contributed by atoms with Gasteiger partial charge in [-0.05, 0) is 52.0 Å². The average molecular weight is 290 g/mol. The molecular weight excluding hydrogens is 260 g/mol. The van der Waals surface area contributed by atoms with Gasteiger partial charge in [0.25, 0.3) is 0 Å². The van der Waals surface area contributed by atoms with Gasteiger partial charge >= 0.3 is 9.28 Å². The van der Waals surface area contributed by atoms with Crippen LogP contribution in [-0.4, -0.2) is 48.4 Å². The molecule has 114 valence electrons. The van der Waals surface area contributed by atoms with Gasteiger partial charge in [0.05, 0.1) is 6.10 Å². The lowest BCUT2D eigenvalue weighted by molar-refractivity contribution is 0.0742. The molecule has 4 nitrogen and oxygen atoms in total. The van der Waals surface area contributed by atoms with Crippen molar-refractivity contribution in [1.82, 2.24) is 0 Å². The largest absolute Gasteiger partial charge is 0.397 e. The van der Waals surface area contributed by atoms with Crippen LogP contribution in [0.1, 0.15) is 46.0 Å². The van der Waals surface area contributed by atoms with Crippen molar-refractivity contribution >= 4 is 9.28 Å². The van der Waals surface area contributed by atoms with E-state index in [-0.39, 0.29) is 0 Å². The van der Waals surface area contributed by atoms with Crippen molar-refractivity contribution in [2.24, 2.45) is 0 Å². The van der Waals surface area contributed by atoms with Gasteiger partial charge in [-0.15, -0.1) is 0 Å². The topological polar surface area (TPSA) is 36.9 Å². The van der Waals surface area contributed by atoms with E-state index in [0.29, 0.717) is 6.10 Å². The first-order valence-electron chi connectivity index (χ1n) is 7.79. The molecule has 0 unspecified atom stereocenters. The summed E-state index contributed by atoms with van der Waals surface area (Å²) in [5.74, 6) is 0. The summed E-state index contributed by atoms with van der Waals surface area (Å²) < 4.78 is 22.4. The second-order valence-corrected chi connectivity index (χ2v) is 6.98. The smallest absolute Gasteiger partial charge is 0.321 e. The third-order valence-corrected chi connectivity index (χ3v) is 5.28. The molecule has 0 aromatic heterocycles. The zero-order valence-corrected chi connectivity index (χ0v) is 13.7. The van der Waals surface area contributed by atoms with Crippen molar-refractivity contribution in [2.45, 2.75) is 58.1 Å². The molecular formula is C14H30O4Si. The number of ether oxygens (including phenoxy) is 2. The fraction of sp³-hybridized carbons (Fsp3) is 1.00. The summed E-state index contributed by atoms with van der Waals surface area (Å²) >= 11 is 0. The summed E-state index contributed by atoms with van der Waals surface area (Å²) in [6.07, 6.45) is 6.35. The van der Waals surface area contributed by atoms with Crippen LogP contribution in [0.3, 0.4) is 0 Å². The molecule has 5 heteroatoms. The van der Waals surface area contributed by atoms with Crippen molar-refractivity contribution in [3.05, 3.63) is 0 Å². The Morgan fingerprint density at radius 2 is 1.58 bits per heavy atom. The molecule has 0 spiro atoms. The first-order valence-corrected chi connectivity index (χ1v) is 9.55. The number of unbranched alkanes of at least 4 members (excludes halogenated alkanes) is 1. The Morgan fingerprint density at radius 3 is 2.21 bits per heavy atom.